The topological polar surface area (TPSA) is 70.5 Å². The van der Waals surface area contributed by atoms with Gasteiger partial charge in [0.1, 0.15) is 23.0 Å². The van der Waals surface area contributed by atoms with Crippen LogP contribution in [0.2, 0.25) is 0 Å². The van der Waals surface area contributed by atoms with E-state index < -0.39 is 28.9 Å². The summed E-state index contributed by atoms with van der Waals surface area (Å²) in [5, 5.41) is 0. The average molecular weight is 769 g/mol. The molecule has 0 aliphatic carbocycles. The van der Waals surface area contributed by atoms with Crippen molar-refractivity contribution in [3.63, 3.8) is 0 Å². The van der Waals surface area contributed by atoms with Crippen molar-refractivity contribution in [2.45, 2.75) is 121 Å². The first-order valence-corrected chi connectivity index (χ1v) is 19.4. The second-order valence-electron chi connectivity index (χ2n) is 14.1. The van der Waals surface area contributed by atoms with Gasteiger partial charge in [0.25, 0.3) is 0 Å². The number of nitrogens with two attached hydrogens (primary N) is 2. The molecule has 0 radical (unpaired) electrons. The number of benzene rings is 4. The molecule has 0 aromatic heterocycles. The molecule has 4 aromatic rings. The van der Waals surface area contributed by atoms with Crippen LogP contribution in [0.5, 0.6) is 23.0 Å². The molecule has 55 heavy (non-hydrogen) atoms. The maximum atomic E-state index is 15.3. The quantitative estimate of drug-likeness (QED) is 0.0361. The van der Waals surface area contributed by atoms with Crippen molar-refractivity contribution in [1.82, 2.24) is 0 Å². The maximum absolute atomic E-state index is 15.3. The summed E-state index contributed by atoms with van der Waals surface area (Å²) >= 11 is 0. The third-order valence-corrected chi connectivity index (χ3v) is 9.76. The van der Waals surface area contributed by atoms with Gasteiger partial charge in [0.05, 0.1) is 0 Å². The summed E-state index contributed by atoms with van der Waals surface area (Å²) in [7, 11) is 0. The highest BCUT2D eigenvalue weighted by molar-refractivity contribution is 5.53. The summed E-state index contributed by atoms with van der Waals surface area (Å²) in [5.41, 5.74) is 6.16. The third-order valence-electron chi connectivity index (χ3n) is 9.76. The molecule has 10 heteroatoms. The fraction of sp³-hybridized carbons (Fsp3) is 0.422. The van der Waals surface area contributed by atoms with E-state index in [9.17, 15) is 0 Å². The van der Waals surface area contributed by atoms with Crippen molar-refractivity contribution in [1.29, 1.82) is 0 Å². The highest BCUT2D eigenvalue weighted by atomic mass is 19.4. The van der Waals surface area contributed by atoms with Gasteiger partial charge in [0.15, 0.2) is 0 Å². The van der Waals surface area contributed by atoms with Crippen LogP contribution in [0.4, 0.5) is 37.7 Å². The Morgan fingerprint density at radius 3 is 1.47 bits per heavy atom. The van der Waals surface area contributed by atoms with Crippen LogP contribution in [0.3, 0.4) is 0 Å². The second-order valence-corrected chi connectivity index (χ2v) is 14.1. The van der Waals surface area contributed by atoms with E-state index in [1.165, 1.54) is 56.7 Å². The van der Waals surface area contributed by atoms with Gasteiger partial charge >= 0.3 is 12.4 Å². The van der Waals surface area contributed by atoms with Crippen LogP contribution in [0, 0.1) is 0 Å². The Bertz CT molecular complexity index is 1750. The molecule has 0 fully saturated rings. The van der Waals surface area contributed by atoms with E-state index in [1.807, 2.05) is 0 Å². The van der Waals surface area contributed by atoms with Crippen LogP contribution in [-0.2, 0) is 11.8 Å². The molecule has 0 spiro atoms. The van der Waals surface area contributed by atoms with E-state index in [-0.39, 0.29) is 23.5 Å². The fourth-order valence-corrected chi connectivity index (χ4v) is 6.92. The first kappa shape index (κ1) is 43.1. The molecule has 0 atom stereocenters. The molecule has 0 heterocycles. The van der Waals surface area contributed by atoms with Crippen molar-refractivity contribution in [3.8, 4) is 23.0 Å². The zero-order chi connectivity index (χ0) is 39.7. The minimum absolute atomic E-state index is 0.00478. The Balaban J connectivity index is 1.51. The van der Waals surface area contributed by atoms with Crippen LogP contribution < -0.4 is 20.9 Å². The van der Waals surface area contributed by atoms with Gasteiger partial charge in [0.2, 0.25) is 5.41 Å². The minimum atomic E-state index is -5.75. The number of nitrogen functional groups attached to an aromatic ring is 2. The molecule has 0 aliphatic heterocycles. The molecule has 4 nitrogen and oxygen atoms in total. The molecule has 0 bridgehead atoms. The number of aryl methyl sites for hydroxylation is 1. The lowest BCUT2D eigenvalue weighted by Crippen LogP contribution is -2.55. The summed E-state index contributed by atoms with van der Waals surface area (Å²) in [4.78, 5) is 0. The van der Waals surface area contributed by atoms with Crippen molar-refractivity contribution in [2.75, 3.05) is 11.5 Å². The maximum Gasteiger partial charge on any atom is 0.411 e. The number of rotatable bonds is 22. The van der Waals surface area contributed by atoms with E-state index in [1.54, 1.807) is 36.4 Å². The Kier molecular flexibility index (Phi) is 16.4. The minimum Gasteiger partial charge on any atom is -0.457 e. The molecule has 4 aromatic carbocycles. The first-order valence-electron chi connectivity index (χ1n) is 19.4. The number of ether oxygens (including phenoxy) is 2. The molecule has 0 saturated heterocycles. The molecule has 0 amide bonds. The van der Waals surface area contributed by atoms with Crippen molar-refractivity contribution in [3.05, 3.63) is 120 Å². The number of allylic oxidation sites excluding steroid dienone is 2. The predicted molar refractivity (Wildman–Crippen MR) is 211 cm³/mol. The van der Waals surface area contributed by atoms with Crippen LogP contribution in [0.25, 0.3) is 0 Å². The fourth-order valence-electron chi connectivity index (χ4n) is 6.92. The normalized spacial score (nSPS) is 12.3. The highest BCUT2D eigenvalue weighted by Gasteiger charge is 2.73. The molecule has 4 rings (SSSR count). The smallest absolute Gasteiger partial charge is 0.411 e. The zero-order valence-electron chi connectivity index (χ0n) is 31.7. The monoisotopic (exact) mass is 768 g/mol. The lowest BCUT2D eigenvalue weighted by atomic mass is 9.70. The molecule has 0 unspecified atom stereocenters. The summed E-state index contributed by atoms with van der Waals surface area (Å²) in [6, 6.07) is 19.9. The standard InChI is InChI=1S/C45H54F6N2O2/c1-2-3-4-5-6-7-8-9-10-11-12-13-14-15-16-17-20-34-31-41(55-40-24-19-22-37(53)33-40)29-30-42(34)43(44(46,47)48,45(49,50)51)35-25-27-38(28-26-35)54-39-23-18-21-36(52)32-39/h9-10,18-19,21-33H,2-8,11-17,20,52-53H2,1H3/b10-9-. The number of halogens is 6. The SMILES string of the molecule is CCCCCCCC/C=C\CCCCCCCCc1cc(Oc2cccc(N)c2)ccc1C(c1ccc(Oc2cccc(N)c2)cc1)(C(F)(F)F)C(F)(F)F. The largest absolute Gasteiger partial charge is 0.457 e. The molecule has 0 saturated carbocycles. The number of hydrogen-bond donors (Lipinski definition) is 2. The Hall–Kier alpha value is -4.60. The van der Waals surface area contributed by atoms with Gasteiger partial charge in [-0.3, -0.25) is 0 Å². The Labute approximate surface area is 321 Å². The van der Waals surface area contributed by atoms with Gasteiger partial charge in [-0.15, -0.1) is 0 Å². The second kappa shape index (κ2) is 20.9. The third kappa shape index (κ3) is 12.5. The molecule has 298 valence electrons. The van der Waals surface area contributed by atoms with Crippen LogP contribution in [0.1, 0.15) is 114 Å². The summed E-state index contributed by atoms with van der Waals surface area (Å²) in [5.74, 6) is 0.768. The average Bonchev–Trinajstić information content (AvgIpc) is 3.12. The summed E-state index contributed by atoms with van der Waals surface area (Å²) < 4.78 is 104. The number of unbranched alkanes of at least 4 members (excludes halogenated alkanes) is 12. The summed E-state index contributed by atoms with van der Waals surface area (Å²) in [6.07, 6.45) is 7.64. The van der Waals surface area contributed by atoms with E-state index >= 15 is 26.3 Å². The van der Waals surface area contributed by atoms with Crippen LogP contribution in [0.15, 0.2) is 103 Å². The number of alkyl halides is 6. The van der Waals surface area contributed by atoms with Gasteiger partial charge in [-0.2, -0.15) is 26.3 Å². The molecule has 4 N–H and O–H groups in total. The zero-order valence-corrected chi connectivity index (χ0v) is 31.7. The van der Waals surface area contributed by atoms with E-state index in [4.69, 9.17) is 20.9 Å². The van der Waals surface area contributed by atoms with Gasteiger partial charge in [-0.1, -0.05) is 107 Å². The molecular formula is C45H54F6N2O2. The van der Waals surface area contributed by atoms with Gasteiger partial charge in [-0.05, 0) is 104 Å². The lowest BCUT2D eigenvalue weighted by Gasteiger charge is -2.39. The van der Waals surface area contributed by atoms with Crippen LogP contribution >= 0.6 is 0 Å². The predicted octanol–water partition coefficient (Wildman–Crippen LogP) is 14.4. The van der Waals surface area contributed by atoms with Crippen molar-refractivity contribution >= 4 is 11.4 Å². The molecule has 0 aliphatic rings. The van der Waals surface area contributed by atoms with E-state index in [0.717, 1.165) is 74.9 Å². The van der Waals surface area contributed by atoms with Crippen LogP contribution in [-0.4, -0.2) is 12.4 Å². The van der Waals surface area contributed by atoms with Crippen molar-refractivity contribution < 1.29 is 35.8 Å². The number of anilines is 2. The first-order chi connectivity index (χ1) is 26.3. The highest BCUT2D eigenvalue weighted by Crippen LogP contribution is 2.57. The van der Waals surface area contributed by atoms with Gasteiger partial charge in [-0.25, -0.2) is 0 Å². The van der Waals surface area contributed by atoms with E-state index in [2.05, 4.69) is 19.1 Å². The lowest BCUT2D eigenvalue weighted by molar-refractivity contribution is -0.288. The van der Waals surface area contributed by atoms with Crippen molar-refractivity contribution in [2.24, 2.45) is 0 Å². The number of hydrogen-bond acceptors (Lipinski definition) is 4. The van der Waals surface area contributed by atoms with Gasteiger partial charge < -0.3 is 20.9 Å². The Morgan fingerprint density at radius 2 is 0.964 bits per heavy atom. The van der Waals surface area contributed by atoms with E-state index in [0.29, 0.717) is 35.7 Å². The Morgan fingerprint density at radius 1 is 0.509 bits per heavy atom. The molecular weight excluding hydrogens is 714 g/mol. The van der Waals surface area contributed by atoms with Gasteiger partial charge in [0, 0.05) is 23.5 Å². The summed E-state index contributed by atoms with van der Waals surface area (Å²) in [6.45, 7) is 2.22.